The van der Waals surface area contributed by atoms with E-state index in [1.54, 1.807) is 35.2 Å². The summed E-state index contributed by atoms with van der Waals surface area (Å²) >= 11 is 1.48. The normalized spacial score (nSPS) is 13.8. The van der Waals surface area contributed by atoms with Crippen LogP contribution >= 0.6 is 11.3 Å². The van der Waals surface area contributed by atoms with Gasteiger partial charge in [0.25, 0.3) is 5.91 Å². The maximum atomic E-state index is 11.7. The zero-order valence-corrected chi connectivity index (χ0v) is 18.7. The van der Waals surface area contributed by atoms with Crippen molar-refractivity contribution in [3.05, 3.63) is 63.8 Å². The highest BCUT2D eigenvalue weighted by atomic mass is 32.1. The average Bonchev–Trinajstić information content (AvgIpc) is 3.18. The van der Waals surface area contributed by atoms with E-state index in [9.17, 15) is 9.59 Å². The van der Waals surface area contributed by atoms with Gasteiger partial charge in [0.2, 0.25) is 4.80 Å². The lowest BCUT2D eigenvalue weighted by Gasteiger charge is -2.18. The van der Waals surface area contributed by atoms with Gasteiger partial charge in [-0.25, -0.2) is 9.47 Å². The van der Waals surface area contributed by atoms with Gasteiger partial charge < -0.3 is 14.8 Å². The number of anilines is 1. The zero-order chi connectivity index (χ0) is 22.7. The molecule has 1 amide bonds. The van der Waals surface area contributed by atoms with Crippen molar-refractivity contribution in [2.45, 2.75) is 19.9 Å². The monoisotopic (exact) mass is 450 g/mol. The molecule has 0 radical (unpaired) electrons. The number of rotatable bonds is 5. The molecule has 0 atom stereocenters. The number of esters is 1. The fourth-order valence-electron chi connectivity index (χ4n) is 3.11. The van der Waals surface area contributed by atoms with Crippen molar-refractivity contribution in [3.8, 4) is 17.0 Å². The Labute approximate surface area is 188 Å². The summed E-state index contributed by atoms with van der Waals surface area (Å²) in [6.07, 6.45) is 1.71. The Bertz CT molecular complexity index is 1260. The number of aromatic nitrogens is 1. The molecule has 0 saturated heterocycles. The van der Waals surface area contributed by atoms with Crippen LogP contribution < -0.4 is 14.9 Å². The molecule has 1 N–H and O–H groups in total. The summed E-state index contributed by atoms with van der Waals surface area (Å²) in [5, 5.41) is 9.48. The van der Waals surface area contributed by atoms with Crippen molar-refractivity contribution in [2.24, 2.45) is 10.1 Å². The van der Waals surface area contributed by atoms with Crippen LogP contribution in [0.25, 0.3) is 11.3 Å². The lowest BCUT2D eigenvalue weighted by atomic mass is 10.1. The number of nitrogens with zero attached hydrogens (tertiary/aromatic N) is 3. The van der Waals surface area contributed by atoms with Crippen LogP contribution in [0, 0.1) is 0 Å². The van der Waals surface area contributed by atoms with E-state index in [1.807, 2.05) is 37.4 Å². The summed E-state index contributed by atoms with van der Waals surface area (Å²) in [7, 11) is 1.35. The highest BCUT2D eigenvalue weighted by Crippen LogP contribution is 2.32. The first-order valence-corrected chi connectivity index (χ1v) is 10.9. The minimum Gasteiger partial charge on any atom is -0.482 e. The number of carbonyl (C=O) groups excluding carboxylic acids is 2. The Hall–Kier alpha value is -3.72. The molecule has 32 heavy (non-hydrogen) atoms. The molecule has 0 fully saturated rings. The lowest BCUT2D eigenvalue weighted by molar-refractivity contribution is -0.118. The van der Waals surface area contributed by atoms with Crippen molar-refractivity contribution in [1.82, 2.24) is 4.68 Å². The van der Waals surface area contributed by atoms with Crippen molar-refractivity contribution in [2.75, 3.05) is 19.0 Å². The SMILES string of the molecule is COC(=O)c1ccc(C=Nn2c(-c3ccc4c(c3)NC(=O)CO4)csc2=NC(C)C)cc1. The largest absolute Gasteiger partial charge is 0.482 e. The van der Waals surface area contributed by atoms with Gasteiger partial charge in [0.15, 0.2) is 6.61 Å². The van der Waals surface area contributed by atoms with Gasteiger partial charge in [-0.15, -0.1) is 11.3 Å². The number of thiazole rings is 1. The van der Waals surface area contributed by atoms with Gasteiger partial charge in [-0.2, -0.15) is 5.10 Å². The third-order valence-electron chi connectivity index (χ3n) is 4.62. The first-order chi connectivity index (χ1) is 15.4. The molecule has 2 aromatic carbocycles. The molecule has 164 valence electrons. The summed E-state index contributed by atoms with van der Waals surface area (Å²) < 4.78 is 12.0. The zero-order valence-electron chi connectivity index (χ0n) is 17.9. The molecule has 2 heterocycles. The quantitative estimate of drug-likeness (QED) is 0.475. The number of amides is 1. The van der Waals surface area contributed by atoms with E-state index >= 15 is 0 Å². The van der Waals surface area contributed by atoms with Gasteiger partial charge >= 0.3 is 5.97 Å². The van der Waals surface area contributed by atoms with Crippen LogP contribution in [-0.4, -0.2) is 42.5 Å². The Kier molecular flexibility index (Phi) is 6.18. The van der Waals surface area contributed by atoms with Crippen LogP contribution in [0.3, 0.4) is 0 Å². The fourth-order valence-corrected chi connectivity index (χ4v) is 4.08. The minimum absolute atomic E-state index is 0.0152. The summed E-state index contributed by atoms with van der Waals surface area (Å²) in [4.78, 5) is 28.8. The predicted octanol–water partition coefficient (Wildman–Crippen LogP) is 3.53. The summed E-state index contributed by atoms with van der Waals surface area (Å²) in [6, 6.07) is 12.7. The molecule has 3 aromatic rings. The van der Waals surface area contributed by atoms with E-state index < -0.39 is 0 Å². The Morgan fingerprint density at radius 2 is 2.03 bits per heavy atom. The smallest absolute Gasteiger partial charge is 0.337 e. The van der Waals surface area contributed by atoms with Crippen LogP contribution in [0.15, 0.2) is 57.9 Å². The van der Waals surface area contributed by atoms with Crippen molar-refractivity contribution >= 4 is 35.1 Å². The second kappa shape index (κ2) is 9.19. The molecule has 0 spiro atoms. The van der Waals surface area contributed by atoms with E-state index in [0.717, 1.165) is 21.6 Å². The second-order valence-electron chi connectivity index (χ2n) is 7.34. The highest BCUT2D eigenvalue weighted by molar-refractivity contribution is 7.07. The molecule has 9 heteroatoms. The molecular formula is C23H22N4O4S. The number of carbonyl (C=O) groups is 2. The summed E-state index contributed by atoms with van der Waals surface area (Å²) in [5.74, 6) is 0.0673. The third kappa shape index (κ3) is 4.62. The number of hydrogen-bond acceptors (Lipinski definition) is 7. The minimum atomic E-state index is -0.385. The number of ether oxygens (including phenoxy) is 2. The molecule has 4 rings (SSSR count). The molecule has 0 saturated carbocycles. The molecule has 0 aliphatic carbocycles. The number of fused-ring (bicyclic) bond motifs is 1. The van der Waals surface area contributed by atoms with Crippen molar-refractivity contribution < 1.29 is 19.1 Å². The maximum absolute atomic E-state index is 11.7. The van der Waals surface area contributed by atoms with Gasteiger partial charge in [-0.05, 0) is 49.7 Å². The number of methoxy groups -OCH3 is 1. The molecule has 0 bridgehead atoms. The van der Waals surface area contributed by atoms with Crippen molar-refractivity contribution in [1.29, 1.82) is 0 Å². The molecule has 0 unspecified atom stereocenters. The van der Waals surface area contributed by atoms with E-state index in [0.29, 0.717) is 17.0 Å². The van der Waals surface area contributed by atoms with Crippen LogP contribution in [0.1, 0.15) is 29.8 Å². The molecular weight excluding hydrogens is 428 g/mol. The predicted molar refractivity (Wildman–Crippen MR) is 123 cm³/mol. The van der Waals surface area contributed by atoms with E-state index in [-0.39, 0.29) is 24.5 Å². The number of benzene rings is 2. The van der Waals surface area contributed by atoms with Crippen LogP contribution in [0.2, 0.25) is 0 Å². The first kappa shape index (κ1) is 21.5. The molecule has 1 aliphatic heterocycles. The van der Waals surface area contributed by atoms with Crippen molar-refractivity contribution in [3.63, 3.8) is 0 Å². The Balaban J connectivity index is 1.72. The first-order valence-electron chi connectivity index (χ1n) is 9.99. The van der Waals surface area contributed by atoms with Crippen LogP contribution in [0.5, 0.6) is 5.75 Å². The van der Waals surface area contributed by atoms with Gasteiger partial charge in [0.05, 0.1) is 30.3 Å². The van der Waals surface area contributed by atoms with Crippen LogP contribution in [0.4, 0.5) is 5.69 Å². The van der Waals surface area contributed by atoms with Gasteiger partial charge in [-0.1, -0.05) is 12.1 Å². The standard InChI is InChI=1S/C23H22N4O4S/c1-14(2)25-23-27(24-11-15-4-6-16(7-5-15)22(29)30-3)19(13-32-23)17-8-9-20-18(10-17)26-21(28)12-31-20/h4-11,13-14H,12H2,1-3H3,(H,26,28). The van der Waals surface area contributed by atoms with E-state index in [1.165, 1.54) is 18.4 Å². The third-order valence-corrected chi connectivity index (χ3v) is 5.45. The molecule has 1 aromatic heterocycles. The van der Waals surface area contributed by atoms with Gasteiger partial charge in [-0.3, -0.25) is 9.79 Å². The summed E-state index contributed by atoms with van der Waals surface area (Å²) in [5.41, 5.74) is 3.63. The topological polar surface area (TPSA) is 94.3 Å². The number of hydrogen-bond donors (Lipinski definition) is 1. The van der Waals surface area contributed by atoms with E-state index in [4.69, 9.17) is 9.47 Å². The molecule has 1 aliphatic rings. The maximum Gasteiger partial charge on any atom is 0.337 e. The number of nitrogens with one attached hydrogen (secondary N) is 1. The Morgan fingerprint density at radius 1 is 1.25 bits per heavy atom. The fraction of sp³-hybridized carbons (Fsp3) is 0.217. The van der Waals surface area contributed by atoms with Gasteiger partial charge in [0, 0.05) is 17.0 Å². The van der Waals surface area contributed by atoms with Crippen LogP contribution in [-0.2, 0) is 9.53 Å². The van der Waals surface area contributed by atoms with E-state index in [2.05, 4.69) is 15.4 Å². The second-order valence-corrected chi connectivity index (χ2v) is 8.18. The highest BCUT2D eigenvalue weighted by Gasteiger charge is 2.18. The molecule has 8 nitrogen and oxygen atoms in total. The summed E-state index contributed by atoms with van der Waals surface area (Å²) in [6.45, 7) is 4.02. The average molecular weight is 451 g/mol. The lowest BCUT2D eigenvalue weighted by Crippen LogP contribution is -2.25. The van der Waals surface area contributed by atoms with Gasteiger partial charge in [0.1, 0.15) is 5.75 Å². The Morgan fingerprint density at radius 3 is 2.75 bits per heavy atom.